The van der Waals surface area contributed by atoms with Gasteiger partial charge < -0.3 is 0 Å². The Labute approximate surface area is 178 Å². The Morgan fingerprint density at radius 2 is 0.567 bits per heavy atom. The minimum atomic E-state index is 1.23. The SMILES string of the molecule is c1ccc(-c2cc(-c3ccccc3)cc(-c3ccccc3-c3ccccc3)c2)cc1. The summed E-state index contributed by atoms with van der Waals surface area (Å²) in [5.74, 6) is 0. The summed E-state index contributed by atoms with van der Waals surface area (Å²) in [7, 11) is 0. The van der Waals surface area contributed by atoms with Crippen LogP contribution in [0.4, 0.5) is 0 Å². The molecule has 0 saturated carbocycles. The monoisotopic (exact) mass is 382 g/mol. The zero-order valence-electron chi connectivity index (χ0n) is 16.7. The van der Waals surface area contributed by atoms with Gasteiger partial charge in [-0.2, -0.15) is 0 Å². The molecule has 30 heavy (non-hydrogen) atoms. The first-order chi connectivity index (χ1) is 14.9. The summed E-state index contributed by atoms with van der Waals surface area (Å²) in [6, 6.07) is 47.4. The summed E-state index contributed by atoms with van der Waals surface area (Å²) in [6.07, 6.45) is 0. The van der Waals surface area contributed by atoms with E-state index in [1.54, 1.807) is 0 Å². The molecule has 0 aromatic heterocycles. The molecule has 0 nitrogen and oxygen atoms in total. The van der Waals surface area contributed by atoms with E-state index in [-0.39, 0.29) is 0 Å². The number of rotatable bonds is 4. The summed E-state index contributed by atoms with van der Waals surface area (Å²) >= 11 is 0. The molecule has 5 aromatic rings. The number of benzene rings is 5. The normalized spacial score (nSPS) is 10.7. The molecule has 0 spiro atoms. The van der Waals surface area contributed by atoms with Crippen LogP contribution in [-0.4, -0.2) is 0 Å². The van der Waals surface area contributed by atoms with Gasteiger partial charge in [0.1, 0.15) is 0 Å². The molecular formula is C30H22. The molecule has 0 N–H and O–H groups in total. The summed E-state index contributed by atoms with van der Waals surface area (Å²) in [5.41, 5.74) is 9.89. The van der Waals surface area contributed by atoms with Crippen molar-refractivity contribution < 1.29 is 0 Å². The van der Waals surface area contributed by atoms with Gasteiger partial charge in [0.2, 0.25) is 0 Å². The maximum absolute atomic E-state index is 2.31. The van der Waals surface area contributed by atoms with Gasteiger partial charge in [-0.25, -0.2) is 0 Å². The van der Waals surface area contributed by atoms with Crippen molar-refractivity contribution in [3.05, 3.63) is 133 Å². The highest BCUT2D eigenvalue weighted by Gasteiger charge is 2.11. The van der Waals surface area contributed by atoms with Crippen LogP contribution in [0.1, 0.15) is 0 Å². The van der Waals surface area contributed by atoms with Gasteiger partial charge in [0, 0.05) is 0 Å². The van der Waals surface area contributed by atoms with Crippen LogP contribution in [0.5, 0.6) is 0 Å². The summed E-state index contributed by atoms with van der Waals surface area (Å²) < 4.78 is 0. The van der Waals surface area contributed by atoms with Gasteiger partial charge in [-0.1, -0.05) is 115 Å². The fourth-order valence-electron chi connectivity index (χ4n) is 3.98. The maximum atomic E-state index is 2.31. The smallest absolute Gasteiger partial charge is 0.0105 e. The third-order valence-electron chi connectivity index (χ3n) is 5.47. The Bertz CT molecular complexity index is 1200. The van der Waals surface area contributed by atoms with E-state index in [0.29, 0.717) is 0 Å². The Morgan fingerprint density at radius 1 is 0.233 bits per heavy atom. The fourth-order valence-corrected chi connectivity index (χ4v) is 3.98. The van der Waals surface area contributed by atoms with Gasteiger partial charge in [0.25, 0.3) is 0 Å². The predicted molar refractivity (Wildman–Crippen MR) is 128 cm³/mol. The molecule has 0 heterocycles. The molecule has 0 saturated heterocycles. The first-order valence-corrected chi connectivity index (χ1v) is 10.3. The Kier molecular flexibility index (Phi) is 4.98. The van der Waals surface area contributed by atoms with Crippen molar-refractivity contribution in [1.82, 2.24) is 0 Å². The first kappa shape index (κ1) is 18.1. The highest BCUT2D eigenvalue weighted by molar-refractivity contribution is 5.88. The quantitative estimate of drug-likeness (QED) is 0.293. The second kappa shape index (κ2) is 8.23. The van der Waals surface area contributed by atoms with E-state index in [4.69, 9.17) is 0 Å². The zero-order valence-corrected chi connectivity index (χ0v) is 16.7. The van der Waals surface area contributed by atoms with Crippen LogP contribution >= 0.6 is 0 Å². The van der Waals surface area contributed by atoms with E-state index >= 15 is 0 Å². The average Bonchev–Trinajstić information content (AvgIpc) is 2.85. The average molecular weight is 383 g/mol. The molecule has 0 amide bonds. The minimum absolute atomic E-state index is 1.23. The third-order valence-corrected chi connectivity index (χ3v) is 5.47. The topological polar surface area (TPSA) is 0 Å². The van der Waals surface area contributed by atoms with Crippen LogP contribution in [0, 0.1) is 0 Å². The van der Waals surface area contributed by atoms with Crippen molar-refractivity contribution >= 4 is 0 Å². The molecule has 5 aromatic carbocycles. The summed E-state index contributed by atoms with van der Waals surface area (Å²) in [5, 5.41) is 0. The van der Waals surface area contributed by atoms with Crippen molar-refractivity contribution in [2.24, 2.45) is 0 Å². The molecule has 5 rings (SSSR count). The first-order valence-electron chi connectivity index (χ1n) is 10.3. The van der Waals surface area contributed by atoms with Crippen molar-refractivity contribution in [3.63, 3.8) is 0 Å². The van der Waals surface area contributed by atoms with E-state index in [1.807, 2.05) is 0 Å². The maximum Gasteiger partial charge on any atom is -0.0105 e. The van der Waals surface area contributed by atoms with Crippen molar-refractivity contribution in [2.75, 3.05) is 0 Å². The van der Waals surface area contributed by atoms with Crippen LogP contribution in [0.3, 0.4) is 0 Å². The van der Waals surface area contributed by atoms with E-state index in [0.717, 1.165) is 0 Å². The lowest BCUT2D eigenvalue weighted by atomic mass is 9.90. The van der Waals surface area contributed by atoms with Gasteiger partial charge in [-0.3, -0.25) is 0 Å². The lowest BCUT2D eigenvalue weighted by Crippen LogP contribution is -1.88. The van der Waals surface area contributed by atoms with E-state index in [9.17, 15) is 0 Å². The van der Waals surface area contributed by atoms with E-state index in [2.05, 4.69) is 133 Å². The van der Waals surface area contributed by atoms with Crippen molar-refractivity contribution in [2.45, 2.75) is 0 Å². The molecule has 0 radical (unpaired) electrons. The molecule has 0 fully saturated rings. The second-order valence-corrected chi connectivity index (χ2v) is 7.44. The molecule has 142 valence electrons. The Morgan fingerprint density at radius 3 is 1.03 bits per heavy atom. The lowest BCUT2D eigenvalue weighted by molar-refractivity contribution is 1.55. The molecule has 0 aliphatic rings. The summed E-state index contributed by atoms with van der Waals surface area (Å²) in [6.45, 7) is 0. The lowest BCUT2D eigenvalue weighted by Gasteiger charge is -2.14. The van der Waals surface area contributed by atoms with Crippen LogP contribution in [0.15, 0.2) is 133 Å². The minimum Gasteiger partial charge on any atom is -0.0622 e. The van der Waals surface area contributed by atoms with Crippen LogP contribution in [0.25, 0.3) is 44.5 Å². The highest BCUT2D eigenvalue weighted by atomic mass is 14.1. The van der Waals surface area contributed by atoms with Crippen molar-refractivity contribution in [1.29, 1.82) is 0 Å². The van der Waals surface area contributed by atoms with Gasteiger partial charge in [0.15, 0.2) is 0 Å². The standard InChI is InChI=1S/C30H22/c1-4-12-23(13-5-1)26-20-27(24-14-6-2-7-15-24)22-28(21-26)30-19-11-10-18-29(30)25-16-8-3-9-17-25/h1-22H. The molecule has 0 aliphatic heterocycles. The van der Waals surface area contributed by atoms with Crippen LogP contribution in [0.2, 0.25) is 0 Å². The van der Waals surface area contributed by atoms with Crippen LogP contribution < -0.4 is 0 Å². The van der Waals surface area contributed by atoms with Gasteiger partial charge in [-0.15, -0.1) is 0 Å². The predicted octanol–water partition coefficient (Wildman–Crippen LogP) is 8.35. The zero-order chi connectivity index (χ0) is 20.2. The van der Waals surface area contributed by atoms with Gasteiger partial charge in [-0.05, 0) is 62.7 Å². The van der Waals surface area contributed by atoms with Gasteiger partial charge >= 0.3 is 0 Å². The largest absolute Gasteiger partial charge is 0.0622 e. The molecule has 0 atom stereocenters. The number of hydrogen-bond acceptors (Lipinski definition) is 0. The van der Waals surface area contributed by atoms with Crippen molar-refractivity contribution in [3.8, 4) is 44.5 Å². The van der Waals surface area contributed by atoms with Crippen LogP contribution in [-0.2, 0) is 0 Å². The molecule has 0 unspecified atom stereocenters. The van der Waals surface area contributed by atoms with E-state index in [1.165, 1.54) is 44.5 Å². The van der Waals surface area contributed by atoms with Gasteiger partial charge in [0.05, 0.1) is 0 Å². The number of hydrogen-bond donors (Lipinski definition) is 0. The third kappa shape index (κ3) is 3.68. The summed E-state index contributed by atoms with van der Waals surface area (Å²) in [4.78, 5) is 0. The fraction of sp³-hybridized carbons (Fsp3) is 0. The molecule has 0 bridgehead atoms. The van der Waals surface area contributed by atoms with E-state index < -0.39 is 0 Å². The molecule has 0 heteroatoms. The molecule has 0 aliphatic carbocycles. The Balaban J connectivity index is 1.74. The second-order valence-electron chi connectivity index (χ2n) is 7.44. The highest BCUT2D eigenvalue weighted by Crippen LogP contribution is 2.37. The Hall–Kier alpha value is -3.90. The molecular weight excluding hydrogens is 360 g/mol.